The van der Waals surface area contributed by atoms with Crippen LogP contribution >= 0.6 is 23.2 Å². The molecular weight excluding hydrogens is 249 g/mol. The second-order valence-corrected chi connectivity index (χ2v) is 3.94. The summed E-state index contributed by atoms with van der Waals surface area (Å²) in [5, 5.41) is 0.982. The second kappa shape index (κ2) is 5.97. The number of rotatable bonds is 3. The Morgan fingerprint density at radius 2 is 1.81 bits per heavy atom. The molecule has 1 rings (SSSR count). The van der Waals surface area contributed by atoms with Gasteiger partial charge in [0.05, 0.1) is 6.61 Å². The third kappa shape index (κ3) is 3.29. The Hall–Kier alpha value is -0.930. The van der Waals surface area contributed by atoms with Crippen LogP contribution < -0.4 is 4.90 Å². The monoisotopic (exact) mass is 261 g/mol. The Balaban J connectivity index is 2.98. The van der Waals surface area contributed by atoms with Gasteiger partial charge < -0.3 is 4.74 Å². The van der Waals surface area contributed by atoms with Crippen LogP contribution in [-0.4, -0.2) is 19.2 Å². The van der Waals surface area contributed by atoms with Crippen LogP contribution in [0.2, 0.25) is 10.0 Å². The molecule has 0 aliphatic heterocycles. The lowest BCUT2D eigenvalue weighted by atomic mass is 10.3. The molecule has 1 aromatic carbocycles. The number of halogens is 2. The zero-order valence-electron chi connectivity index (χ0n) is 9.17. The third-order valence-corrected chi connectivity index (χ3v) is 2.40. The average molecular weight is 262 g/mol. The number of hydrogen-bond acceptors (Lipinski definition) is 2. The van der Waals surface area contributed by atoms with Gasteiger partial charge in [-0.3, -0.25) is 4.90 Å². The van der Waals surface area contributed by atoms with Gasteiger partial charge in [0, 0.05) is 22.3 Å². The molecule has 1 aromatic rings. The Labute approximate surface area is 105 Å². The molecule has 0 spiro atoms. The van der Waals surface area contributed by atoms with Crippen LogP contribution in [0, 0.1) is 0 Å². The molecule has 0 bridgehead atoms. The lowest BCUT2D eigenvalue weighted by molar-refractivity contribution is 0.160. The van der Waals surface area contributed by atoms with Gasteiger partial charge in [-0.05, 0) is 32.0 Å². The quantitative estimate of drug-likeness (QED) is 0.824. The first-order valence-corrected chi connectivity index (χ1v) is 5.74. The van der Waals surface area contributed by atoms with Crippen molar-refractivity contribution in [2.45, 2.75) is 13.8 Å². The number of amides is 1. The maximum absolute atomic E-state index is 11.6. The van der Waals surface area contributed by atoms with Gasteiger partial charge >= 0.3 is 6.09 Å². The molecule has 0 atom stereocenters. The van der Waals surface area contributed by atoms with Crippen LogP contribution in [0.3, 0.4) is 0 Å². The third-order valence-electron chi connectivity index (χ3n) is 1.96. The van der Waals surface area contributed by atoms with Crippen molar-refractivity contribution in [3.05, 3.63) is 28.2 Å². The first-order chi connectivity index (χ1) is 7.58. The molecule has 0 saturated heterocycles. The fraction of sp³-hybridized carbons (Fsp3) is 0.364. The molecular formula is C11H13Cl2NO2. The van der Waals surface area contributed by atoms with Crippen LogP contribution in [0.25, 0.3) is 0 Å². The number of anilines is 1. The van der Waals surface area contributed by atoms with E-state index in [-0.39, 0.29) is 0 Å². The predicted octanol–water partition coefficient (Wildman–Crippen LogP) is 3.98. The molecule has 88 valence electrons. The highest BCUT2D eigenvalue weighted by Gasteiger charge is 2.15. The molecule has 0 saturated carbocycles. The summed E-state index contributed by atoms with van der Waals surface area (Å²) in [7, 11) is 0. The summed E-state index contributed by atoms with van der Waals surface area (Å²) < 4.78 is 4.93. The number of benzene rings is 1. The van der Waals surface area contributed by atoms with E-state index in [0.717, 1.165) is 0 Å². The lowest BCUT2D eigenvalue weighted by Crippen LogP contribution is -2.31. The molecule has 0 aromatic heterocycles. The van der Waals surface area contributed by atoms with Crippen LogP contribution in [-0.2, 0) is 4.74 Å². The van der Waals surface area contributed by atoms with E-state index in [2.05, 4.69) is 0 Å². The Morgan fingerprint density at radius 1 is 1.25 bits per heavy atom. The summed E-state index contributed by atoms with van der Waals surface area (Å²) >= 11 is 11.7. The molecule has 0 radical (unpaired) electrons. The van der Waals surface area contributed by atoms with Gasteiger partial charge in [-0.2, -0.15) is 0 Å². The molecule has 3 nitrogen and oxygen atoms in total. The Kier molecular flexibility index (Phi) is 4.90. The van der Waals surface area contributed by atoms with Gasteiger partial charge in [0.15, 0.2) is 0 Å². The number of carbonyl (C=O) groups excluding carboxylic acids is 1. The summed E-state index contributed by atoms with van der Waals surface area (Å²) in [6.45, 7) is 4.45. The fourth-order valence-corrected chi connectivity index (χ4v) is 1.83. The first kappa shape index (κ1) is 13.1. The number of hydrogen-bond donors (Lipinski definition) is 0. The maximum Gasteiger partial charge on any atom is 0.414 e. The zero-order chi connectivity index (χ0) is 12.1. The highest BCUT2D eigenvalue weighted by molar-refractivity contribution is 6.35. The summed E-state index contributed by atoms with van der Waals surface area (Å²) in [4.78, 5) is 13.1. The molecule has 0 aliphatic carbocycles. The SMILES string of the molecule is CCOC(=O)N(CC)c1cc(Cl)cc(Cl)c1. The standard InChI is InChI=1S/C11H13Cl2NO2/c1-3-14(11(15)16-4-2)10-6-8(12)5-9(13)7-10/h5-7H,3-4H2,1-2H3. The average Bonchev–Trinajstić information content (AvgIpc) is 2.17. The van der Waals surface area contributed by atoms with E-state index < -0.39 is 6.09 Å². The van der Waals surface area contributed by atoms with Gasteiger partial charge in [-0.1, -0.05) is 23.2 Å². The molecule has 16 heavy (non-hydrogen) atoms. The van der Waals surface area contributed by atoms with Crippen molar-refractivity contribution < 1.29 is 9.53 Å². The van der Waals surface area contributed by atoms with Gasteiger partial charge in [-0.25, -0.2) is 4.79 Å². The minimum atomic E-state index is -0.400. The minimum Gasteiger partial charge on any atom is -0.449 e. The van der Waals surface area contributed by atoms with Crippen molar-refractivity contribution >= 4 is 35.0 Å². The smallest absolute Gasteiger partial charge is 0.414 e. The van der Waals surface area contributed by atoms with E-state index in [1.807, 2.05) is 6.92 Å². The van der Waals surface area contributed by atoms with E-state index >= 15 is 0 Å². The van der Waals surface area contributed by atoms with E-state index in [9.17, 15) is 4.79 Å². The number of nitrogens with zero attached hydrogens (tertiary/aromatic N) is 1. The van der Waals surface area contributed by atoms with Crippen LogP contribution in [0.4, 0.5) is 10.5 Å². The van der Waals surface area contributed by atoms with Crippen molar-refractivity contribution in [3.63, 3.8) is 0 Å². The molecule has 0 unspecified atom stereocenters. The normalized spacial score (nSPS) is 10.0. The van der Waals surface area contributed by atoms with Gasteiger partial charge in [0.25, 0.3) is 0 Å². The summed E-state index contributed by atoms with van der Waals surface area (Å²) in [5.74, 6) is 0. The molecule has 0 heterocycles. The molecule has 0 N–H and O–H groups in total. The second-order valence-electron chi connectivity index (χ2n) is 3.07. The molecule has 1 amide bonds. The van der Waals surface area contributed by atoms with Crippen molar-refractivity contribution in [2.24, 2.45) is 0 Å². The molecule has 0 aliphatic rings. The number of carbonyl (C=O) groups is 1. The highest BCUT2D eigenvalue weighted by Crippen LogP contribution is 2.25. The van der Waals surface area contributed by atoms with Crippen molar-refractivity contribution in [2.75, 3.05) is 18.1 Å². The van der Waals surface area contributed by atoms with Crippen LogP contribution in [0.15, 0.2) is 18.2 Å². The lowest BCUT2D eigenvalue weighted by Gasteiger charge is -2.20. The largest absolute Gasteiger partial charge is 0.449 e. The van der Waals surface area contributed by atoms with E-state index in [4.69, 9.17) is 27.9 Å². The van der Waals surface area contributed by atoms with Crippen LogP contribution in [0.1, 0.15) is 13.8 Å². The van der Waals surface area contributed by atoms with Gasteiger partial charge in [0.2, 0.25) is 0 Å². The molecule has 5 heteroatoms. The summed E-state index contributed by atoms with van der Waals surface area (Å²) in [5.41, 5.74) is 0.637. The van der Waals surface area contributed by atoms with E-state index in [1.165, 1.54) is 4.90 Å². The van der Waals surface area contributed by atoms with Crippen LogP contribution in [0.5, 0.6) is 0 Å². The minimum absolute atomic E-state index is 0.337. The molecule has 0 fully saturated rings. The van der Waals surface area contributed by atoms with Crippen molar-refractivity contribution in [1.82, 2.24) is 0 Å². The predicted molar refractivity (Wildman–Crippen MR) is 66.5 cm³/mol. The van der Waals surface area contributed by atoms with E-state index in [1.54, 1.807) is 25.1 Å². The zero-order valence-corrected chi connectivity index (χ0v) is 10.7. The fourth-order valence-electron chi connectivity index (χ4n) is 1.31. The summed E-state index contributed by atoms with van der Waals surface area (Å²) in [6, 6.07) is 4.97. The van der Waals surface area contributed by atoms with Crippen molar-refractivity contribution in [3.8, 4) is 0 Å². The maximum atomic E-state index is 11.6. The topological polar surface area (TPSA) is 29.5 Å². The summed E-state index contributed by atoms with van der Waals surface area (Å²) in [6.07, 6.45) is -0.400. The van der Waals surface area contributed by atoms with Gasteiger partial charge in [-0.15, -0.1) is 0 Å². The van der Waals surface area contributed by atoms with Crippen molar-refractivity contribution in [1.29, 1.82) is 0 Å². The Bertz CT molecular complexity index is 362. The Morgan fingerprint density at radius 3 is 2.25 bits per heavy atom. The van der Waals surface area contributed by atoms with Gasteiger partial charge in [0.1, 0.15) is 0 Å². The first-order valence-electron chi connectivity index (χ1n) is 4.98. The highest BCUT2D eigenvalue weighted by atomic mass is 35.5. The number of ether oxygens (including phenoxy) is 1. The van der Waals surface area contributed by atoms with E-state index in [0.29, 0.717) is 28.9 Å².